The number of ether oxygens (including phenoxy) is 2. The molecule has 360 valence electrons. The number of unbranched alkanes of at least 4 members (excludes halogenated alkanes) is 2. The molecular weight excluding hydrogens is 918 g/mol. The van der Waals surface area contributed by atoms with Crippen LogP contribution < -0.4 is 25.4 Å². The summed E-state index contributed by atoms with van der Waals surface area (Å²) in [7, 11) is 1.68. The van der Waals surface area contributed by atoms with Gasteiger partial charge in [-0.3, -0.25) is 23.9 Å². The number of nitrogens with one attached hydrogen (secondary N) is 4. The fourth-order valence-corrected chi connectivity index (χ4v) is 9.40. The lowest BCUT2D eigenvalue weighted by Crippen LogP contribution is -2.41. The van der Waals surface area contributed by atoms with Crippen molar-refractivity contribution in [3.05, 3.63) is 92.8 Å². The topological polar surface area (TPSA) is 207 Å². The van der Waals surface area contributed by atoms with Gasteiger partial charge >= 0.3 is 12.1 Å². The average molecular weight is 979 g/mol. The first kappa shape index (κ1) is 51.1. The molecule has 1 aliphatic heterocycles. The van der Waals surface area contributed by atoms with E-state index in [2.05, 4.69) is 44.7 Å². The molecule has 4 N–H and O–H groups in total. The molecule has 3 heterocycles. The zero-order valence-corrected chi connectivity index (χ0v) is 40.7. The van der Waals surface area contributed by atoms with E-state index in [9.17, 15) is 24.0 Å². The van der Waals surface area contributed by atoms with Crippen molar-refractivity contribution in [3.63, 3.8) is 0 Å². The van der Waals surface area contributed by atoms with Crippen molar-refractivity contribution in [2.45, 2.75) is 97.1 Å². The number of nitrogens with zero attached hydrogens (tertiary/aromatic N) is 5. The van der Waals surface area contributed by atoms with Gasteiger partial charge in [-0.1, -0.05) is 68.0 Å². The van der Waals surface area contributed by atoms with Crippen molar-refractivity contribution in [2.24, 2.45) is 10.9 Å². The Kier molecular flexibility index (Phi) is 20.0. The number of fused-ring (bicyclic) bond motifs is 3. The molecule has 1 aliphatic carbocycles. The van der Waals surface area contributed by atoms with Gasteiger partial charge in [0.15, 0.2) is 5.82 Å². The first-order valence-electron chi connectivity index (χ1n) is 22.8. The third-order valence-corrected chi connectivity index (χ3v) is 13.6. The lowest BCUT2D eigenvalue weighted by molar-refractivity contribution is -0.135. The number of carbonyl (C=O) groups is 5. The summed E-state index contributed by atoms with van der Waals surface area (Å²) < 4.78 is 21.4. The predicted octanol–water partition coefficient (Wildman–Crippen LogP) is 7.10. The van der Waals surface area contributed by atoms with Gasteiger partial charge in [0, 0.05) is 53.6 Å². The molecule has 1 fully saturated rings. The van der Waals surface area contributed by atoms with Crippen LogP contribution in [0.4, 0.5) is 4.79 Å². The van der Waals surface area contributed by atoms with Gasteiger partial charge in [-0.2, -0.15) is 0 Å². The van der Waals surface area contributed by atoms with Crippen LogP contribution >= 0.6 is 35.2 Å². The highest BCUT2D eigenvalue weighted by Crippen LogP contribution is 2.39. The summed E-state index contributed by atoms with van der Waals surface area (Å²) in [5.41, 5.74) is 4.54. The highest BCUT2D eigenvalue weighted by atomic mass is 35.5. The maximum absolute atomic E-state index is 13.2. The highest BCUT2D eigenvalue weighted by Gasteiger charge is 2.31. The van der Waals surface area contributed by atoms with Crippen LogP contribution in [0.3, 0.4) is 0 Å². The molecule has 0 radical (unpaired) electrons. The molecule has 1 saturated carbocycles. The smallest absolute Gasteiger partial charge is 0.409 e. The number of carbonyl (C=O) groups excluding carboxylic acids is 5. The van der Waals surface area contributed by atoms with E-state index in [-0.39, 0.29) is 49.6 Å². The van der Waals surface area contributed by atoms with Crippen LogP contribution in [-0.4, -0.2) is 102 Å². The van der Waals surface area contributed by atoms with Gasteiger partial charge in [-0.25, -0.2) is 14.3 Å². The minimum absolute atomic E-state index is 0.0444. The molecule has 6 rings (SSSR count). The highest BCUT2D eigenvalue weighted by molar-refractivity contribution is 7.92. The van der Waals surface area contributed by atoms with E-state index in [4.69, 9.17) is 30.3 Å². The third kappa shape index (κ3) is 15.6. The van der Waals surface area contributed by atoms with Crippen LogP contribution in [0.5, 0.6) is 5.75 Å². The number of aryl methyl sites for hydroxylation is 1. The molecule has 2 aromatic heterocycles. The molecule has 2 aliphatic rings. The molecule has 20 heteroatoms. The number of benzene rings is 2. The maximum Gasteiger partial charge on any atom is 0.409 e. The second-order valence-corrected chi connectivity index (χ2v) is 18.9. The Bertz CT molecular complexity index is 2310. The standard InChI is InChI=1S/C47H60ClN9O8S2/c1-31-32(2)66-46-42(31)43(34-16-18-36(48)19-17-34)54-38(44-55-52-30-57(44)46)26-39(58)49-22-23-53-67-64-25-11-7-10-24-56(3)47(62)63-29-33-14-20-37(21-15-33)65-41(60)28-50-40(59)27-51-45(61)35-12-8-5-4-6-9-13-35/h14-21,30,35,38,53H,4-13,22-29H2,1-3H3,(H,49,58)(H,50,59)(H,51,61). The quantitative estimate of drug-likeness (QED) is 0.0205. The van der Waals surface area contributed by atoms with Crippen molar-refractivity contribution in [1.82, 2.24) is 40.3 Å². The van der Waals surface area contributed by atoms with E-state index in [1.165, 1.54) is 16.2 Å². The number of hydrogen-bond donors (Lipinski definition) is 4. The molecule has 67 heavy (non-hydrogen) atoms. The fourth-order valence-electron chi connectivity index (χ4n) is 7.67. The van der Waals surface area contributed by atoms with Crippen LogP contribution in [0.2, 0.25) is 5.02 Å². The summed E-state index contributed by atoms with van der Waals surface area (Å²) in [6.45, 7) is 5.59. The summed E-state index contributed by atoms with van der Waals surface area (Å²) in [6, 6.07) is 13.6. The van der Waals surface area contributed by atoms with E-state index in [0.717, 1.165) is 97.4 Å². The van der Waals surface area contributed by atoms with Crippen LogP contribution in [0.25, 0.3) is 5.00 Å². The molecule has 4 amide bonds. The van der Waals surface area contributed by atoms with Crippen molar-refractivity contribution in [3.8, 4) is 10.8 Å². The number of hydrogen-bond acceptors (Lipinski definition) is 14. The molecule has 4 aromatic rings. The van der Waals surface area contributed by atoms with Crippen molar-refractivity contribution in [1.29, 1.82) is 0 Å². The van der Waals surface area contributed by atoms with Gasteiger partial charge in [-0.15, -0.1) is 21.5 Å². The first-order valence-corrected chi connectivity index (χ1v) is 24.7. The fraction of sp³-hybridized carbons (Fsp3) is 0.489. The molecular formula is C47H60ClN9O8S2. The number of amides is 4. The number of aromatic nitrogens is 3. The second-order valence-electron chi connectivity index (χ2n) is 16.6. The van der Waals surface area contributed by atoms with Gasteiger partial charge < -0.3 is 34.5 Å². The molecule has 1 atom stereocenters. The number of rotatable bonds is 22. The number of halogens is 1. The minimum Gasteiger partial charge on any atom is -0.445 e. The number of esters is 1. The monoisotopic (exact) mass is 977 g/mol. The number of thiophene rings is 1. The molecule has 17 nitrogen and oxygen atoms in total. The Morgan fingerprint density at radius 1 is 0.881 bits per heavy atom. The summed E-state index contributed by atoms with van der Waals surface area (Å²) >= 11 is 8.98. The summed E-state index contributed by atoms with van der Waals surface area (Å²) in [6.07, 6.45) is 10.9. The van der Waals surface area contributed by atoms with Crippen LogP contribution in [-0.2, 0) is 34.7 Å². The van der Waals surface area contributed by atoms with Crippen LogP contribution in [0.15, 0.2) is 59.9 Å². The van der Waals surface area contributed by atoms with E-state index >= 15 is 0 Å². The minimum atomic E-state index is -0.653. The van der Waals surface area contributed by atoms with Crippen molar-refractivity contribution in [2.75, 3.05) is 46.4 Å². The first-order chi connectivity index (χ1) is 32.5. The lowest BCUT2D eigenvalue weighted by Gasteiger charge is -2.18. The Morgan fingerprint density at radius 3 is 2.39 bits per heavy atom. The van der Waals surface area contributed by atoms with Gasteiger partial charge in [0.05, 0.1) is 37.5 Å². The van der Waals surface area contributed by atoms with E-state index in [0.29, 0.717) is 42.7 Å². The zero-order chi connectivity index (χ0) is 47.5. The molecule has 1 unspecified atom stereocenters. The summed E-state index contributed by atoms with van der Waals surface area (Å²) in [5.74, 6) is -0.567. The van der Waals surface area contributed by atoms with Crippen molar-refractivity contribution < 1.29 is 37.6 Å². The molecule has 0 spiro atoms. The van der Waals surface area contributed by atoms with Gasteiger partial charge in [-0.05, 0) is 81.3 Å². The van der Waals surface area contributed by atoms with Crippen LogP contribution in [0, 0.1) is 19.8 Å². The summed E-state index contributed by atoms with van der Waals surface area (Å²) in [5, 5.41) is 18.3. The van der Waals surface area contributed by atoms with Gasteiger partial charge in [0.25, 0.3) is 0 Å². The molecule has 2 aromatic carbocycles. The largest absolute Gasteiger partial charge is 0.445 e. The van der Waals surface area contributed by atoms with Gasteiger partial charge in [0.2, 0.25) is 17.7 Å². The Morgan fingerprint density at radius 2 is 1.63 bits per heavy atom. The Balaban J connectivity index is 0.784. The third-order valence-electron chi connectivity index (χ3n) is 11.5. The van der Waals surface area contributed by atoms with E-state index in [1.54, 1.807) is 49.0 Å². The average Bonchev–Trinajstić information content (AvgIpc) is 3.88. The summed E-state index contributed by atoms with van der Waals surface area (Å²) in [4.78, 5) is 70.5. The SMILES string of the molecule is Cc1sc2c(c1C)C(c1ccc(Cl)cc1)=NC(CC(=O)NCCNSOCCCCCN(C)C(=O)OCc1ccc(OC(=O)CNC(=O)CNC(=O)C3CCCCCCC3)cc1)c1nncn1-2. The Labute approximate surface area is 404 Å². The van der Waals surface area contributed by atoms with Crippen molar-refractivity contribution >= 4 is 70.7 Å². The maximum atomic E-state index is 13.2. The predicted molar refractivity (Wildman–Crippen MR) is 258 cm³/mol. The second kappa shape index (κ2) is 26.3. The van der Waals surface area contributed by atoms with Gasteiger partial charge in [0.1, 0.15) is 36.3 Å². The van der Waals surface area contributed by atoms with E-state index in [1.807, 2.05) is 28.8 Å². The van der Waals surface area contributed by atoms with Crippen LogP contribution in [0.1, 0.15) is 110 Å². The van der Waals surface area contributed by atoms with E-state index < -0.39 is 24.0 Å². The number of aliphatic imine (C=N–C) groups is 1. The normalized spacial score (nSPS) is 14.9. The molecule has 0 saturated heterocycles. The molecule has 0 bridgehead atoms. The Hall–Kier alpha value is -5.34. The zero-order valence-electron chi connectivity index (χ0n) is 38.3. The lowest BCUT2D eigenvalue weighted by atomic mass is 9.90.